The van der Waals surface area contributed by atoms with Gasteiger partial charge in [-0.1, -0.05) is 41.6 Å². The lowest BCUT2D eigenvalue weighted by Crippen LogP contribution is -2.30. The fourth-order valence-corrected chi connectivity index (χ4v) is 2.75. The van der Waals surface area contributed by atoms with Crippen LogP contribution in [0.3, 0.4) is 0 Å². The molecule has 0 aliphatic heterocycles. The third kappa shape index (κ3) is 5.01. The Balaban J connectivity index is 2.28. The molecule has 0 atom stereocenters. The lowest BCUT2D eigenvalue weighted by molar-refractivity contribution is -0.130. The molecule has 3 heteroatoms. The molecule has 1 fully saturated rings. The molecular weight excluding hydrogens is 254 g/mol. The lowest BCUT2D eigenvalue weighted by atomic mass is 9.96. The fraction of sp³-hybridized carbons (Fsp3) is 0.917. The van der Waals surface area contributed by atoms with Crippen LogP contribution in [0.25, 0.3) is 0 Å². The van der Waals surface area contributed by atoms with Crippen molar-refractivity contribution in [3.05, 3.63) is 0 Å². The normalized spacial score (nSPS) is 18.5. The summed E-state index contributed by atoms with van der Waals surface area (Å²) in [7, 11) is 1.90. The summed E-state index contributed by atoms with van der Waals surface area (Å²) >= 11 is 3.36. The summed E-state index contributed by atoms with van der Waals surface area (Å²) in [4.78, 5) is 13.7. The van der Waals surface area contributed by atoms with Gasteiger partial charge in [-0.15, -0.1) is 0 Å². The molecule has 1 amide bonds. The molecule has 2 nitrogen and oxygen atoms in total. The maximum Gasteiger partial charge on any atom is 0.222 e. The molecule has 1 aliphatic carbocycles. The molecule has 15 heavy (non-hydrogen) atoms. The number of carbonyl (C=O) groups excluding carboxylic acids is 1. The second-order valence-corrected chi connectivity index (χ2v) is 5.36. The minimum absolute atomic E-state index is 0.321. The number of carbonyl (C=O) groups is 1. The van der Waals surface area contributed by atoms with Gasteiger partial charge >= 0.3 is 0 Å². The number of rotatable bonds is 4. The Kier molecular flexibility index (Phi) is 6.30. The van der Waals surface area contributed by atoms with Gasteiger partial charge in [-0.05, 0) is 18.8 Å². The van der Waals surface area contributed by atoms with E-state index in [4.69, 9.17) is 0 Å². The summed E-state index contributed by atoms with van der Waals surface area (Å²) in [5.41, 5.74) is 0. The number of amides is 1. The molecule has 1 aliphatic rings. The van der Waals surface area contributed by atoms with Crippen LogP contribution in [-0.2, 0) is 4.79 Å². The first-order valence-electron chi connectivity index (χ1n) is 6.04. The Morgan fingerprint density at radius 1 is 1.27 bits per heavy atom. The quantitative estimate of drug-likeness (QED) is 0.570. The summed E-state index contributed by atoms with van der Waals surface area (Å²) in [6.45, 7) is 0.825. The third-order valence-corrected chi connectivity index (χ3v) is 3.64. The third-order valence-electron chi connectivity index (χ3n) is 3.28. The second-order valence-electron chi connectivity index (χ2n) is 4.57. The van der Waals surface area contributed by atoms with Gasteiger partial charge in [0.2, 0.25) is 5.91 Å². The maximum atomic E-state index is 11.8. The molecule has 0 aromatic heterocycles. The Labute approximate surface area is 102 Å². The van der Waals surface area contributed by atoms with Crippen LogP contribution in [0.4, 0.5) is 0 Å². The van der Waals surface area contributed by atoms with Crippen molar-refractivity contribution in [3.63, 3.8) is 0 Å². The predicted molar refractivity (Wildman–Crippen MR) is 67.2 cm³/mol. The molecular formula is C12H22BrNO. The Hall–Kier alpha value is -0.0500. The van der Waals surface area contributed by atoms with Crippen LogP contribution in [0.5, 0.6) is 0 Å². The molecule has 0 unspecified atom stereocenters. The van der Waals surface area contributed by atoms with E-state index in [0.717, 1.165) is 18.3 Å². The summed E-state index contributed by atoms with van der Waals surface area (Å²) < 4.78 is 0. The van der Waals surface area contributed by atoms with Crippen LogP contribution < -0.4 is 0 Å². The maximum absolute atomic E-state index is 11.8. The van der Waals surface area contributed by atoms with Gasteiger partial charge in [-0.3, -0.25) is 4.79 Å². The smallest absolute Gasteiger partial charge is 0.222 e. The van der Waals surface area contributed by atoms with Crippen LogP contribution in [0, 0.1) is 5.92 Å². The highest BCUT2D eigenvalue weighted by Crippen LogP contribution is 2.25. The molecule has 0 aromatic carbocycles. The van der Waals surface area contributed by atoms with Crippen molar-refractivity contribution < 1.29 is 4.79 Å². The van der Waals surface area contributed by atoms with Crippen LogP contribution in [0.1, 0.15) is 44.9 Å². The first kappa shape index (κ1) is 13.0. The highest BCUT2D eigenvalue weighted by molar-refractivity contribution is 9.09. The van der Waals surface area contributed by atoms with E-state index in [0.29, 0.717) is 11.8 Å². The average Bonchev–Trinajstić information content (AvgIpc) is 2.46. The zero-order valence-electron chi connectivity index (χ0n) is 9.67. The van der Waals surface area contributed by atoms with Crippen molar-refractivity contribution in [2.75, 3.05) is 18.9 Å². The van der Waals surface area contributed by atoms with Crippen molar-refractivity contribution in [2.45, 2.75) is 44.9 Å². The van der Waals surface area contributed by atoms with E-state index >= 15 is 0 Å². The Bertz CT molecular complexity index is 188. The standard InChI is InChI=1S/C12H22BrNO/c1-14(9-8-13)12(15)10-11-6-4-2-3-5-7-11/h11H,2-10H2,1H3. The molecule has 0 bridgehead atoms. The fourth-order valence-electron chi connectivity index (χ4n) is 2.22. The molecule has 0 N–H and O–H groups in total. The van der Waals surface area contributed by atoms with Crippen molar-refractivity contribution in [1.82, 2.24) is 4.90 Å². The molecule has 0 saturated heterocycles. The van der Waals surface area contributed by atoms with Crippen molar-refractivity contribution >= 4 is 21.8 Å². The zero-order chi connectivity index (χ0) is 11.1. The molecule has 1 saturated carbocycles. The number of hydrogen-bond donors (Lipinski definition) is 0. The Morgan fingerprint density at radius 2 is 1.87 bits per heavy atom. The van der Waals surface area contributed by atoms with Gasteiger partial charge < -0.3 is 4.90 Å². The summed E-state index contributed by atoms with van der Waals surface area (Å²) in [5, 5.41) is 0.875. The highest BCUT2D eigenvalue weighted by atomic mass is 79.9. The zero-order valence-corrected chi connectivity index (χ0v) is 11.3. The largest absolute Gasteiger partial charge is 0.345 e. The predicted octanol–water partition coefficient (Wildman–Crippen LogP) is 3.20. The van der Waals surface area contributed by atoms with E-state index < -0.39 is 0 Å². The van der Waals surface area contributed by atoms with Gasteiger partial charge in [0.1, 0.15) is 0 Å². The van der Waals surface area contributed by atoms with E-state index in [2.05, 4.69) is 15.9 Å². The number of halogens is 1. The van der Waals surface area contributed by atoms with E-state index in [1.165, 1.54) is 38.5 Å². The molecule has 0 spiro atoms. The topological polar surface area (TPSA) is 20.3 Å². The van der Waals surface area contributed by atoms with Gasteiger partial charge in [0.05, 0.1) is 0 Å². The van der Waals surface area contributed by atoms with Crippen LogP contribution in [0.15, 0.2) is 0 Å². The second kappa shape index (κ2) is 7.26. The van der Waals surface area contributed by atoms with Crippen molar-refractivity contribution in [2.24, 2.45) is 5.92 Å². The number of alkyl halides is 1. The molecule has 0 radical (unpaired) electrons. The summed E-state index contributed by atoms with van der Waals surface area (Å²) in [6.07, 6.45) is 8.65. The van der Waals surface area contributed by atoms with E-state index in [1.54, 1.807) is 0 Å². The Morgan fingerprint density at radius 3 is 2.40 bits per heavy atom. The number of nitrogens with zero attached hydrogens (tertiary/aromatic N) is 1. The van der Waals surface area contributed by atoms with Gasteiger partial charge in [0.15, 0.2) is 0 Å². The van der Waals surface area contributed by atoms with Crippen LogP contribution in [0.2, 0.25) is 0 Å². The first-order chi connectivity index (χ1) is 7.24. The van der Waals surface area contributed by atoms with Gasteiger partial charge in [0, 0.05) is 25.3 Å². The van der Waals surface area contributed by atoms with Crippen molar-refractivity contribution in [3.8, 4) is 0 Å². The van der Waals surface area contributed by atoms with Gasteiger partial charge in [-0.25, -0.2) is 0 Å². The lowest BCUT2D eigenvalue weighted by Gasteiger charge is -2.19. The van der Waals surface area contributed by atoms with E-state index in [-0.39, 0.29) is 0 Å². The van der Waals surface area contributed by atoms with Crippen LogP contribution in [-0.4, -0.2) is 29.7 Å². The SMILES string of the molecule is CN(CCBr)C(=O)CC1CCCCCC1. The van der Waals surface area contributed by atoms with Gasteiger partial charge in [0.25, 0.3) is 0 Å². The van der Waals surface area contributed by atoms with Crippen molar-refractivity contribution in [1.29, 1.82) is 0 Å². The van der Waals surface area contributed by atoms with E-state index in [1.807, 2.05) is 11.9 Å². The molecule has 1 rings (SSSR count). The molecule has 0 heterocycles. The average molecular weight is 276 g/mol. The summed E-state index contributed by atoms with van der Waals surface area (Å²) in [5.74, 6) is 0.971. The van der Waals surface area contributed by atoms with E-state index in [9.17, 15) is 4.79 Å². The highest BCUT2D eigenvalue weighted by Gasteiger charge is 2.17. The molecule has 0 aromatic rings. The minimum Gasteiger partial charge on any atom is -0.345 e. The number of hydrogen-bond acceptors (Lipinski definition) is 1. The molecule has 88 valence electrons. The first-order valence-corrected chi connectivity index (χ1v) is 7.16. The van der Waals surface area contributed by atoms with Gasteiger partial charge in [-0.2, -0.15) is 0 Å². The summed E-state index contributed by atoms with van der Waals surface area (Å²) in [6, 6.07) is 0. The van der Waals surface area contributed by atoms with Crippen LogP contribution >= 0.6 is 15.9 Å². The minimum atomic E-state index is 0.321. The monoisotopic (exact) mass is 275 g/mol.